The van der Waals surface area contributed by atoms with E-state index in [0.29, 0.717) is 28.3 Å². The van der Waals surface area contributed by atoms with Crippen molar-refractivity contribution in [3.8, 4) is 11.5 Å². The molecule has 6 rings (SSSR count). The van der Waals surface area contributed by atoms with Crippen LogP contribution < -0.4 is 19.4 Å². The summed E-state index contributed by atoms with van der Waals surface area (Å²) in [6.07, 6.45) is -1.01. The molecule has 10 nitrogen and oxygen atoms in total. The van der Waals surface area contributed by atoms with E-state index < -0.39 is 29.9 Å². The zero-order chi connectivity index (χ0) is 28.0. The van der Waals surface area contributed by atoms with Crippen molar-refractivity contribution < 1.29 is 28.7 Å². The highest BCUT2D eigenvalue weighted by Gasteiger charge is 2.60. The van der Waals surface area contributed by atoms with Crippen LogP contribution in [-0.4, -0.2) is 40.8 Å². The van der Waals surface area contributed by atoms with Crippen LogP contribution in [0.15, 0.2) is 84.9 Å². The topological polar surface area (TPSA) is 103 Å². The molecule has 0 aliphatic carbocycles. The lowest BCUT2D eigenvalue weighted by atomic mass is 9.90. The fourth-order valence-corrected chi connectivity index (χ4v) is 5.29. The molecule has 3 aromatic carbocycles. The number of carbonyl (C=O) groups is 3. The Kier molecular flexibility index (Phi) is 6.31. The number of ether oxygens (including phenoxy) is 2. The average Bonchev–Trinajstić information content (AvgIpc) is 3.60. The van der Waals surface area contributed by atoms with Gasteiger partial charge >= 0.3 is 5.97 Å². The molecule has 0 radical (unpaired) electrons. The Hall–Kier alpha value is -4.96. The minimum atomic E-state index is -1.01. The van der Waals surface area contributed by atoms with Gasteiger partial charge in [-0.1, -0.05) is 42.5 Å². The molecule has 2 aliphatic heterocycles. The number of carbonyl (C=O) groups excluding carboxylic acids is 3. The Morgan fingerprint density at radius 1 is 0.875 bits per heavy atom. The van der Waals surface area contributed by atoms with Gasteiger partial charge in [-0.25, -0.2) is 14.8 Å². The molecule has 0 bridgehead atoms. The first-order valence-corrected chi connectivity index (χ1v) is 12.7. The maximum absolute atomic E-state index is 13.8. The molecule has 2 saturated heterocycles. The highest BCUT2D eigenvalue weighted by molar-refractivity contribution is 6.23. The number of para-hydroxylation sites is 2. The van der Waals surface area contributed by atoms with Crippen molar-refractivity contribution in [2.24, 2.45) is 13.0 Å². The third kappa shape index (κ3) is 4.18. The smallest absolute Gasteiger partial charge is 0.362 e. The van der Waals surface area contributed by atoms with Gasteiger partial charge in [-0.3, -0.25) is 19.1 Å². The summed E-state index contributed by atoms with van der Waals surface area (Å²) in [5.41, 5.74) is 2.82. The van der Waals surface area contributed by atoms with E-state index in [9.17, 15) is 14.4 Å². The van der Waals surface area contributed by atoms with Crippen molar-refractivity contribution in [3.63, 3.8) is 0 Å². The van der Waals surface area contributed by atoms with Gasteiger partial charge in [-0.2, -0.15) is 5.10 Å². The van der Waals surface area contributed by atoms with Crippen molar-refractivity contribution in [2.75, 3.05) is 17.1 Å². The van der Waals surface area contributed by atoms with Crippen molar-refractivity contribution in [2.45, 2.75) is 19.1 Å². The Balaban J connectivity index is 1.38. The highest BCUT2D eigenvalue weighted by atomic mass is 16.7. The second-order valence-corrected chi connectivity index (χ2v) is 9.60. The number of methoxy groups -OCH3 is 1. The number of nitrogens with zero attached hydrogens (tertiary/aromatic N) is 4. The number of rotatable bonds is 6. The minimum Gasteiger partial charge on any atom is -0.493 e. The molecule has 0 saturated carbocycles. The SMILES string of the molecule is COc1cc(C2C3C(=O)N(c4ccccc4)C(=O)C3ON2c2ccccc2)ccc1OC(=O)c1cc(C)nn1C. The number of hydrogen-bond acceptors (Lipinski definition) is 8. The van der Waals surface area contributed by atoms with E-state index in [4.69, 9.17) is 14.3 Å². The molecule has 40 heavy (non-hydrogen) atoms. The lowest BCUT2D eigenvalue weighted by Gasteiger charge is -2.29. The van der Waals surface area contributed by atoms with Crippen LogP contribution in [0.25, 0.3) is 0 Å². The lowest BCUT2D eigenvalue weighted by Crippen LogP contribution is -2.37. The molecule has 2 fully saturated rings. The minimum absolute atomic E-state index is 0.205. The molecule has 4 aromatic rings. The largest absolute Gasteiger partial charge is 0.493 e. The maximum atomic E-state index is 13.8. The van der Waals surface area contributed by atoms with Crippen LogP contribution in [0, 0.1) is 12.8 Å². The van der Waals surface area contributed by atoms with Crippen molar-refractivity contribution >= 4 is 29.2 Å². The number of hydrogen-bond donors (Lipinski definition) is 0. The van der Waals surface area contributed by atoms with Crippen LogP contribution >= 0.6 is 0 Å². The predicted octanol–water partition coefficient (Wildman–Crippen LogP) is 4.01. The third-order valence-electron chi connectivity index (χ3n) is 7.08. The van der Waals surface area contributed by atoms with E-state index in [1.54, 1.807) is 67.6 Å². The van der Waals surface area contributed by atoms with Crippen LogP contribution in [0.2, 0.25) is 0 Å². The summed E-state index contributed by atoms with van der Waals surface area (Å²) in [6, 6.07) is 24.1. The third-order valence-corrected chi connectivity index (χ3v) is 7.08. The van der Waals surface area contributed by atoms with E-state index in [0.717, 1.165) is 0 Å². The Bertz CT molecular complexity index is 1600. The Morgan fingerprint density at radius 3 is 2.17 bits per heavy atom. The summed E-state index contributed by atoms with van der Waals surface area (Å²) in [4.78, 5) is 47.5. The van der Waals surface area contributed by atoms with Gasteiger partial charge < -0.3 is 9.47 Å². The molecule has 2 aliphatic rings. The van der Waals surface area contributed by atoms with Crippen molar-refractivity contribution in [1.29, 1.82) is 0 Å². The van der Waals surface area contributed by atoms with E-state index in [2.05, 4.69) is 5.10 Å². The standard InChI is InChI=1S/C30H26N4O6/c1-18-16-22(32(2)31-18)30(37)39-23-15-14-19(17-24(23)38-3)26-25-27(40-34(26)21-12-8-5-9-13-21)29(36)33(28(25)35)20-10-6-4-7-11-20/h4-17,25-27H,1-3H3. The van der Waals surface area contributed by atoms with Crippen molar-refractivity contribution in [1.82, 2.24) is 9.78 Å². The van der Waals surface area contributed by atoms with Gasteiger partial charge in [0.2, 0.25) is 5.91 Å². The summed E-state index contributed by atoms with van der Waals surface area (Å²) < 4.78 is 12.7. The van der Waals surface area contributed by atoms with Gasteiger partial charge in [-0.15, -0.1) is 0 Å². The average molecular weight is 539 g/mol. The molecule has 202 valence electrons. The van der Waals surface area contributed by atoms with Crippen LogP contribution in [0.1, 0.15) is 27.8 Å². The number of aryl methyl sites for hydroxylation is 2. The number of anilines is 2. The number of aromatic nitrogens is 2. The van der Waals surface area contributed by atoms with Crippen LogP contribution in [0.4, 0.5) is 11.4 Å². The van der Waals surface area contributed by atoms with Gasteiger partial charge in [0, 0.05) is 7.05 Å². The maximum Gasteiger partial charge on any atom is 0.362 e. The van der Waals surface area contributed by atoms with Gasteiger partial charge in [-0.05, 0) is 55.0 Å². The molecule has 1 aromatic heterocycles. The molecule has 0 N–H and O–H groups in total. The predicted molar refractivity (Wildman–Crippen MR) is 145 cm³/mol. The van der Waals surface area contributed by atoms with E-state index in [1.165, 1.54) is 16.7 Å². The van der Waals surface area contributed by atoms with E-state index in [1.807, 2.05) is 36.4 Å². The highest BCUT2D eigenvalue weighted by Crippen LogP contribution is 2.48. The number of esters is 1. The Labute approximate surface area is 230 Å². The van der Waals surface area contributed by atoms with Crippen LogP contribution in [0.5, 0.6) is 11.5 Å². The fraction of sp³-hybridized carbons (Fsp3) is 0.200. The molecular formula is C30H26N4O6. The molecule has 3 unspecified atom stereocenters. The number of benzene rings is 3. The summed E-state index contributed by atoms with van der Waals surface area (Å²) >= 11 is 0. The molecule has 3 heterocycles. The molecule has 2 amide bonds. The fourth-order valence-electron chi connectivity index (χ4n) is 5.29. The number of fused-ring (bicyclic) bond motifs is 1. The monoisotopic (exact) mass is 538 g/mol. The van der Waals surface area contributed by atoms with Crippen LogP contribution in [-0.2, 0) is 21.5 Å². The Morgan fingerprint density at radius 2 is 1.55 bits per heavy atom. The zero-order valence-electron chi connectivity index (χ0n) is 22.1. The van der Waals surface area contributed by atoms with Crippen LogP contribution in [0.3, 0.4) is 0 Å². The molecule has 0 spiro atoms. The molecule has 3 atom stereocenters. The number of amides is 2. The summed E-state index contributed by atoms with van der Waals surface area (Å²) in [5, 5.41) is 5.80. The second-order valence-electron chi connectivity index (χ2n) is 9.60. The quantitative estimate of drug-likeness (QED) is 0.206. The number of imide groups is 1. The summed E-state index contributed by atoms with van der Waals surface area (Å²) in [7, 11) is 3.13. The normalized spacial score (nSPS) is 20.1. The van der Waals surface area contributed by atoms with Gasteiger partial charge in [0.25, 0.3) is 5.91 Å². The second kappa shape index (κ2) is 9.97. The first-order chi connectivity index (χ1) is 19.4. The number of hydroxylamine groups is 1. The first-order valence-electron chi connectivity index (χ1n) is 12.7. The van der Waals surface area contributed by atoms with Crippen molar-refractivity contribution in [3.05, 3.63) is 102 Å². The van der Waals surface area contributed by atoms with E-state index in [-0.39, 0.29) is 17.4 Å². The van der Waals surface area contributed by atoms with E-state index >= 15 is 0 Å². The van der Waals surface area contributed by atoms with Gasteiger partial charge in [0.15, 0.2) is 17.6 Å². The zero-order valence-corrected chi connectivity index (χ0v) is 22.1. The molecular weight excluding hydrogens is 512 g/mol. The first kappa shape index (κ1) is 25.3. The lowest BCUT2D eigenvalue weighted by molar-refractivity contribution is -0.126. The summed E-state index contributed by atoms with van der Waals surface area (Å²) in [5.74, 6) is -1.68. The molecule has 10 heteroatoms. The van der Waals surface area contributed by atoms with Gasteiger partial charge in [0.1, 0.15) is 11.6 Å². The summed E-state index contributed by atoms with van der Waals surface area (Å²) in [6.45, 7) is 1.79. The van der Waals surface area contributed by atoms with Gasteiger partial charge in [0.05, 0.1) is 30.2 Å².